The third kappa shape index (κ3) is 4.02. The average Bonchev–Trinajstić information content (AvgIpc) is 2.72. The maximum Gasteiger partial charge on any atom is 0.275 e. The predicted octanol–water partition coefficient (Wildman–Crippen LogP) is 4.28. The van der Waals surface area contributed by atoms with Crippen LogP contribution in [0.3, 0.4) is 0 Å². The summed E-state index contributed by atoms with van der Waals surface area (Å²) in [6.45, 7) is 0. The van der Waals surface area contributed by atoms with Crippen molar-refractivity contribution in [3.05, 3.63) is 64.7 Å². The summed E-state index contributed by atoms with van der Waals surface area (Å²) in [5.41, 5.74) is 3.55. The topological polar surface area (TPSA) is 69.2 Å². The first kappa shape index (κ1) is 19.5. The molecule has 0 bridgehead atoms. The Morgan fingerprint density at radius 3 is 2.29 bits per heavy atom. The van der Waals surface area contributed by atoms with Gasteiger partial charge >= 0.3 is 0 Å². The highest BCUT2D eigenvalue weighted by atomic mass is 35.5. The molecule has 0 unspecified atom stereocenters. The number of nitrogens with one attached hydrogen (secondary N) is 1. The summed E-state index contributed by atoms with van der Waals surface area (Å²) < 4.78 is 15.8. The summed E-state index contributed by atoms with van der Waals surface area (Å²) in [6, 6.07) is 14.7. The van der Waals surface area contributed by atoms with Gasteiger partial charge < -0.3 is 14.2 Å². The lowest BCUT2D eigenvalue weighted by atomic mass is 10.1. The molecule has 0 atom stereocenters. The van der Waals surface area contributed by atoms with Crippen molar-refractivity contribution >= 4 is 34.5 Å². The van der Waals surface area contributed by atoms with Crippen molar-refractivity contribution in [3.63, 3.8) is 0 Å². The Morgan fingerprint density at radius 2 is 1.64 bits per heavy atom. The number of carbonyl (C=O) groups excluding carboxylic acids is 1. The molecule has 0 aromatic heterocycles. The quantitative estimate of drug-likeness (QED) is 0.497. The summed E-state index contributed by atoms with van der Waals surface area (Å²) >= 11 is 6.18. The summed E-state index contributed by atoms with van der Waals surface area (Å²) in [5.74, 6) is 0.996. The molecule has 0 spiro atoms. The van der Waals surface area contributed by atoms with Gasteiger partial charge in [0.05, 0.1) is 38.1 Å². The van der Waals surface area contributed by atoms with Gasteiger partial charge in [-0.05, 0) is 40.6 Å². The SMILES string of the molecule is COc1cc2ccccc2cc1C(=O)N/N=C\c1cc(Cl)c(OC)c(OC)c1. The predicted molar refractivity (Wildman–Crippen MR) is 110 cm³/mol. The Balaban J connectivity index is 1.82. The van der Waals surface area contributed by atoms with Crippen LogP contribution < -0.4 is 19.6 Å². The molecule has 3 aromatic carbocycles. The van der Waals surface area contributed by atoms with Gasteiger partial charge in [-0.25, -0.2) is 5.43 Å². The number of hydrazone groups is 1. The van der Waals surface area contributed by atoms with Gasteiger partial charge in [0.15, 0.2) is 11.5 Å². The van der Waals surface area contributed by atoms with E-state index >= 15 is 0 Å². The fraction of sp³-hybridized carbons (Fsp3) is 0.143. The highest BCUT2D eigenvalue weighted by Crippen LogP contribution is 2.35. The van der Waals surface area contributed by atoms with Crippen LogP contribution in [0.15, 0.2) is 53.6 Å². The average molecular weight is 399 g/mol. The van der Waals surface area contributed by atoms with Gasteiger partial charge in [-0.15, -0.1) is 0 Å². The summed E-state index contributed by atoms with van der Waals surface area (Å²) in [7, 11) is 4.55. The maximum absolute atomic E-state index is 12.6. The van der Waals surface area contributed by atoms with E-state index < -0.39 is 0 Å². The van der Waals surface area contributed by atoms with E-state index in [1.807, 2.05) is 30.3 Å². The van der Waals surface area contributed by atoms with E-state index in [0.29, 0.717) is 33.4 Å². The molecule has 3 aromatic rings. The molecule has 28 heavy (non-hydrogen) atoms. The second-order valence-corrected chi connectivity index (χ2v) is 6.24. The van der Waals surface area contributed by atoms with Gasteiger partial charge in [0.2, 0.25) is 0 Å². The molecule has 7 heteroatoms. The largest absolute Gasteiger partial charge is 0.496 e. The number of fused-ring (bicyclic) bond motifs is 1. The fourth-order valence-electron chi connectivity index (χ4n) is 2.80. The smallest absolute Gasteiger partial charge is 0.275 e. The van der Waals surface area contributed by atoms with Crippen molar-refractivity contribution in [1.29, 1.82) is 0 Å². The third-order valence-electron chi connectivity index (χ3n) is 4.15. The lowest BCUT2D eigenvalue weighted by Gasteiger charge is -2.10. The molecule has 6 nitrogen and oxygen atoms in total. The van der Waals surface area contributed by atoms with E-state index in [0.717, 1.165) is 10.8 Å². The van der Waals surface area contributed by atoms with Crippen LogP contribution in [0.4, 0.5) is 0 Å². The van der Waals surface area contributed by atoms with Crippen molar-refractivity contribution in [2.45, 2.75) is 0 Å². The van der Waals surface area contributed by atoms with Crippen LogP contribution in [0.25, 0.3) is 10.8 Å². The molecule has 1 amide bonds. The lowest BCUT2D eigenvalue weighted by Crippen LogP contribution is -2.18. The molecule has 0 aliphatic heterocycles. The van der Waals surface area contributed by atoms with Gasteiger partial charge in [-0.3, -0.25) is 4.79 Å². The molecule has 144 valence electrons. The zero-order chi connectivity index (χ0) is 20.1. The minimum atomic E-state index is -0.384. The summed E-state index contributed by atoms with van der Waals surface area (Å²) in [6.07, 6.45) is 1.47. The molecule has 1 N–H and O–H groups in total. The van der Waals surface area contributed by atoms with Crippen molar-refractivity contribution in [2.24, 2.45) is 5.10 Å². The Labute approximate surface area is 167 Å². The monoisotopic (exact) mass is 398 g/mol. The molecule has 0 saturated carbocycles. The number of carbonyl (C=O) groups is 1. The van der Waals surface area contributed by atoms with E-state index in [2.05, 4.69) is 10.5 Å². The van der Waals surface area contributed by atoms with Crippen LogP contribution in [0.1, 0.15) is 15.9 Å². The number of rotatable bonds is 6. The summed E-state index contributed by atoms with van der Waals surface area (Å²) in [5, 5.41) is 6.31. The highest BCUT2D eigenvalue weighted by molar-refractivity contribution is 6.32. The number of hydrogen-bond acceptors (Lipinski definition) is 5. The number of amides is 1. The van der Waals surface area contributed by atoms with Crippen LogP contribution in [0.5, 0.6) is 17.2 Å². The van der Waals surface area contributed by atoms with Crippen LogP contribution in [-0.4, -0.2) is 33.5 Å². The zero-order valence-electron chi connectivity index (χ0n) is 15.7. The van der Waals surface area contributed by atoms with Gasteiger partial charge in [0, 0.05) is 0 Å². The Kier molecular flexibility index (Phi) is 6.01. The molecule has 0 aliphatic carbocycles. The van der Waals surface area contributed by atoms with E-state index in [4.69, 9.17) is 25.8 Å². The normalized spacial score (nSPS) is 10.9. The van der Waals surface area contributed by atoms with E-state index in [1.165, 1.54) is 27.5 Å². The van der Waals surface area contributed by atoms with Gasteiger partial charge in [-0.2, -0.15) is 5.10 Å². The molecular formula is C21H19ClN2O4. The molecule has 0 aliphatic rings. The lowest BCUT2D eigenvalue weighted by molar-refractivity contribution is 0.0952. The van der Waals surface area contributed by atoms with E-state index in [-0.39, 0.29) is 5.91 Å². The molecular weight excluding hydrogens is 380 g/mol. The standard InChI is InChI=1S/C21H19ClN2O4/c1-26-18-11-15-7-5-4-6-14(15)10-16(18)21(25)24-23-12-13-8-17(22)20(28-3)19(9-13)27-2/h4-12H,1-3H3,(H,24,25)/b23-12-. The van der Waals surface area contributed by atoms with E-state index in [9.17, 15) is 4.79 Å². The van der Waals surface area contributed by atoms with Crippen LogP contribution in [-0.2, 0) is 0 Å². The van der Waals surface area contributed by atoms with Crippen LogP contribution in [0, 0.1) is 0 Å². The molecule has 3 rings (SSSR count). The zero-order valence-corrected chi connectivity index (χ0v) is 16.4. The molecule has 0 radical (unpaired) electrons. The number of hydrogen-bond donors (Lipinski definition) is 1. The van der Waals surface area contributed by atoms with Gasteiger partial charge in [0.1, 0.15) is 5.75 Å². The van der Waals surface area contributed by atoms with Crippen molar-refractivity contribution in [2.75, 3.05) is 21.3 Å². The number of nitrogens with zero attached hydrogens (tertiary/aromatic N) is 1. The van der Waals surface area contributed by atoms with Crippen LogP contribution >= 0.6 is 11.6 Å². The van der Waals surface area contributed by atoms with Gasteiger partial charge in [-0.1, -0.05) is 35.9 Å². The van der Waals surface area contributed by atoms with Crippen LogP contribution in [0.2, 0.25) is 5.02 Å². The number of halogens is 1. The first-order chi connectivity index (χ1) is 13.6. The molecule has 0 fully saturated rings. The van der Waals surface area contributed by atoms with E-state index in [1.54, 1.807) is 18.2 Å². The highest BCUT2D eigenvalue weighted by Gasteiger charge is 2.13. The minimum Gasteiger partial charge on any atom is -0.496 e. The minimum absolute atomic E-state index is 0.380. The van der Waals surface area contributed by atoms with Gasteiger partial charge in [0.25, 0.3) is 5.91 Å². The Morgan fingerprint density at radius 1 is 0.964 bits per heavy atom. The Bertz CT molecular complexity index is 1050. The van der Waals surface area contributed by atoms with Crippen molar-refractivity contribution in [3.8, 4) is 17.2 Å². The second-order valence-electron chi connectivity index (χ2n) is 5.84. The second kappa shape index (κ2) is 8.63. The number of benzene rings is 3. The first-order valence-electron chi connectivity index (χ1n) is 8.39. The molecule has 0 heterocycles. The maximum atomic E-state index is 12.6. The van der Waals surface area contributed by atoms with Crippen molar-refractivity contribution < 1.29 is 19.0 Å². The molecule has 0 saturated heterocycles. The first-order valence-corrected chi connectivity index (χ1v) is 8.77. The number of ether oxygens (including phenoxy) is 3. The summed E-state index contributed by atoms with van der Waals surface area (Å²) in [4.78, 5) is 12.6. The third-order valence-corrected chi connectivity index (χ3v) is 4.43. The Hall–Kier alpha value is -3.25. The fourth-order valence-corrected chi connectivity index (χ4v) is 3.10. The number of methoxy groups -OCH3 is 3. The van der Waals surface area contributed by atoms with Crippen molar-refractivity contribution in [1.82, 2.24) is 5.43 Å².